The summed E-state index contributed by atoms with van der Waals surface area (Å²) in [5.74, 6) is -1.43. The number of urea groups is 1. The lowest BCUT2D eigenvalue weighted by molar-refractivity contribution is -0.141. The summed E-state index contributed by atoms with van der Waals surface area (Å²) < 4.78 is 0. The van der Waals surface area contributed by atoms with Gasteiger partial charge in [0, 0.05) is 32.0 Å². The van der Waals surface area contributed by atoms with E-state index < -0.39 is 17.9 Å². The molecule has 0 saturated carbocycles. The van der Waals surface area contributed by atoms with Gasteiger partial charge in [-0.15, -0.1) is 0 Å². The summed E-state index contributed by atoms with van der Waals surface area (Å²) in [7, 11) is 3.88. The number of nitrogens with zero attached hydrogens (tertiary/aromatic N) is 1. The molecule has 0 radical (unpaired) electrons. The van der Waals surface area contributed by atoms with E-state index in [0.717, 1.165) is 12.1 Å². The lowest BCUT2D eigenvalue weighted by Crippen LogP contribution is -2.35. The van der Waals surface area contributed by atoms with Crippen molar-refractivity contribution in [3.8, 4) is 0 Å². The highest BCUT2D eigenvalue weighted by molar-refractivity contribution is 5.89. The van der Waals surface area contributed by atoms with Crippen molar-refractivity contribution in [1.82, 2.24) is 5.32 Å². The summed E-state index contributed by atoms with van der Waals surface area (Å²) in [6, 6.07) is 7.00. The fourth-order valence-corrected chi connectivity index (χ4v) is 1.90. The van der Waals surface area contributed by atoms with Crippen LogP contribution < -0.4 is 15.5 Å². The molecule has 1 unspecified atom stereocenters. The first-order valence-corrected chi connectivity index (χ1v) is 6.99. The molecule has 1 atom stereocenters. The zero-order chi connectivity index (χ0) is 15.8. The van der Waals surface area contributed by atoms with Crippen LogP contribution in [0.25, 0.3) is 0 Å². The molecule has 2 amide bonds. The second-order valence-corrected chi connectivity index (χ2v) is 5.10. The standard InChI is InChI=1S/C15H23N3O3/c1-4-5-11(14(19)20)10-16-15(21)17-12-6-8-13(9-7-12)18(2)3/h6-9,11H,4-5,10H2,1-3H3,(H,19,20)(H2,16,17,21). The SMILES string of the molecule is CCCC(CNC(=O)Nc1ccc(N(C)C)cc1)C(=O)O. The van der Waals surface area contributed by atoms with Crippen molar-refractivity contribution in [3.05, 3.63) is 24.3 Å². The first-order chi connectivity index (χ1) is 9.93. The Hall–Kier alpha value is -2.24. The topological polar surface area (TPSA) is 81.7 Å². The van der Waals surface area contributed by atoms with Gasteiger partial charge >= 0.3 is 12.0 Å². The zero-order valence-corrected chi connectivity index (χ0v) is 12.7. The van der Waals surface area contributed by atoms with Crippen molar-refractivity contribution in [2.45, 2.75) is 19.8 Å². The molecular weight excluding hydrogens is 270 g/mol. The van der Waals surface area contributed by atoms with Crippen LogP contribution in [-0.2, 0) is 4.79 Å². The molecular formula is C15H23N3O3. The number of nitrogens with one attached hydrogen (secondary N) is 2. The number of carbonyl (C=O) groups is 2. The fraction of sp³-hybridized carbons (Fsp3) is 0.467. The van der Waals surface area contributed by atoms with E-state index in [4.69, 9.17) is 5.11 Å². The highest BCUT2D eigenvalue weighted by atomic mass is 16.4. The van der Waals surface area contributed by atoms with E-state index in [9.17, 15) is 9.59 Å². The number of rotatable bonds is 7. The van der Waals surface area contributed by atoms with Crippen LogP contribution in [0.4, 0.5) is 16.2 Å². The molecule has 1 aromatic carbocycles. The summed E-state index contributed by atoms with van der Waals surface area (Å²) in [4.78, 5) is 24.7. The molecule has 6 heteroatoms. The third-order valence-corrected chi connectivity index (χ3v) is 3.14. The summed E-state index contributed by atoms with van der Waals surface area (Å²) in [6.45, 7) is 2.05. The van der Waals surface area contributed by atoms with Gasteiger partial charge in [0.25, 0.3) is 0 Å². The minimum Gasteiger partial charge on any atom is -0.481 e. The van der Waals surface area contributed by atoms with Crippen LogP contribution in [0, 0.1) is 5.92 Å². The van der Waals surface area contributed by atoms with Gasteiger partial charge in [-0.1, -0.05) is 13.3 Å². The maximum Gasteiger partial charge on any atom is 0.319 e. The highest BCUT2D eigenvalue weighted by Crippen LogP contribution is 2.15. The second kappa shape index (κ2) is 8.14. The molecule has 3 N–H and O–H groups in total. The Bertz CT molecular complexity index is 472. The van der Waals surface area contributed by atoms with Crippen molar-refractivity contribution in [2.75, 3.05) is 30.9 Å². The van der Waals surface area contributed by atoms with E-state index in [1.54, 1.807) is 12.1 Å². The highest BCUT2D eigenvalue weighted by Gasteiger charge is 2.17. The van der Waals surface area contributed by atoms with Gasteiger partial charge in [0.15, 0.2) is 0 Å². The third kappa shape index (κ3) is 5.72. The van der Waals surface area contributed by atoms with E-state index in [2.05, 4.69) is 10.6 Å². The second-order valence-electron chi connectivity index (χ2n) is 5.10. The Morgan fingerprint density at radius 1 is 1.24 bits per heavy atom. The maximum absolute atomic E-state index is 11.7. The van der Waals surface area contributed by atoms with E-state index in [1.165, 1.54) is 0 Å². The average Bonchev–Trinajstić information content (AvgIpc) is 2.43. The fourth-order valence-electron chi connectivity index (χ4n) is 1.90. The van der Waals surface area contributed by atoms with Crippen LogP contribution in [0.15, 0.2) is 24.3 Å². The Balaban J connectivity index is 2.47. The normalized spacial score (nSPS) is 11.6. The largest absolute Gasteiger partial charge is 0.481 e. The summed E-state index contributed by atoms with van der Waals surface area (Å²) >= 11 is 0. The number of anilines is 2. The summed E-state index contributed by atoms with van der Waals surface area (Å²) in [6.07, 6.45) is 1.32. The van der Waals surface area contributed by atoms with Gasteiger partial charge in [-0.05, 0) is 30.7 Å². The first-order valence-electron chi connectivity index (χ1n) is 6.99. The van der Waals surface area contributed by atoms with Crippen LogP contribution in [0.3, 0.4) is 0 Å². The number of amides is 2. The van der Waals surface area contributed by atoms with Crippen molar-refractivity contribution >= 4 is 23.4 Å². The van der Waals surface area contributed by atoms with E-state index in [0.29, 0.717) is 12.1 Å². The quantitative estimate of drug-likeness (QED) is 0.721. The summed E-state index contributed by atoms with van der Waals surface area (Å²) in [5.41, 5.74) is 1.70. The van der Waals surface area contributed by atoms with Gasteiger partial charge in [0.05, 0.1) is 5.92 Å². The monoisotopic (exact) mass is 293 g/mol. The number of aliphatic carboxylic acids is 1. The minimum absolute atomic E-state index is 0.130. The molecule has 0 aliphatic heterocycles. The van der Waals surface area contributed by atoms with Crippen LogP contribution in [0.2, 0.25) is 0 Å². The lowest BCUT2D eigenvalue weighted by atomic mass is 10.0. The molecule has 0 spiro atoms. The van der Waals surface area contributed by atoms with Crippen LogP contribution >= 0.6 is 0 Å². The molecule has 0 aromatic heterocycles. The van der Waals surface area contributed by atoms with E-state index >= 15 is 0 Å². The molecule has 0 bridgehead atoms. The number of benzene rings is 1. The average molecular weight is 293 g/mol. The molecule has 21 heavy (non-hydrogen) atoms. The van der Waals surface area contributed by atoms with Crippen LogP contribution in [0.1, 0.15) is 19.8 Å². The van der Waals surface area contributed by atoms with E-state index in [-0.39, 0.29) is 6.54 Å². The molecule has 1 rings (SSSR count). The molecule has 0 saturated heterocycles. The third-order valence-electron chi connectivity index (χ3n) is 3.14. The van der Waals surface area contributed by atoms with Crippen molar-refractivity contribution < 1.29 is 14.7 Å². The predicted octanol–water partition coefficient (Wildman–Crippen LogP) is 2.38. The predicted molar refractivity (Wildman–Crippen MR) is 83.8 cm³/mol. The van der Waals surface area contributed by atoms with Crippen LogP contribution in [0.5, 0.6) is 0 Å². The Morgan fingerprint density at radius 3 is 2.33 bits per heavy atom. The van der Waals surface area contributed by atoms with Gasteiger partial charge < -0.3 is 20.6 Å². The van der Waals surface area contributed by atoms with E-state index in [1.807, 2.05) is 38.1 Å². The number of hydrogen-bond acceptors (Lipinski definition) is 3. The van der Waals surface area contributed by atoms with Gasteiger partial charge in [-0.25, -0.2) is 4.79 Å². The molecule has 0 fully saturated rings. The number of hydrogen-bond donors (Lipinski definition) is 3. The molecule has 116 valence electrons. The number of carboxylic acid groups (broad SMARTS) is 1. The zero-order valence-electron chi connectivity index (χ0n) is 12.7. The van der Waals surface area contributed by atoms with Gasteiger partial charge in [-0.2, -0.15) is 0 Å². The number of carboxylic acids is 1. The maximum atomic E-state index is 11.7. The van der Waals surface area contributed by atoms with Crippen molar-refractivity contribution in [2.24, 2.45) is 5.92 Å². The molecule has 6 nitrogen and oxygen atoms in total. The Kier molecular flexibility index (Phi) is 6.52. The summed E-state index contributed by atoms with van der Waals surface area (Å²) in [5, 5.41) is 14.3. The minimum atomic E-state index is -0.882. The Labute approximate surface area is 125 Å². The van der Waals surface area contributed by atoms with Gasteiger partial charge in [0.1, 0.15) is 0 Å². The lowest BCUT2D eigenvalue weighted by Gasteiger charge is -2.14. The molecule has 0 heterocycles. The van der Waals surface area contributed by atoms with Crippen LogP contribution in [-0.4, -0.2) is 37.7 Å². The molecule has 0 aliphatic carbocycles. The number of carbonyl (C=O) groups excluding carboxylic acids is 1. The smallest absolute Gasteiger partial charge is 0.319 e. The van der Waals surface area contributed by atoms with Crippen molar-refractivity contribution in [1.29, 1.82) is 0 Å². The van der Waals surface area contributed by atoms with Crippen molar-refractivity contribution in [3.63, 3.8) is 0 Å². The molecule has 0 aliphatic rings. The Morgan fingerprint density at radius 2 is 1.86 bits per heavy atom. The van der Waals surface area contributed by atoms with Gasteiger partial charge in [0.2, 0.25) is 0 Å². The van der Waals surface area contributed by atoms with Gasteiger partial charge in [-0.3, -0.25) is 4.79 Å². The molecule has 1 aromatic rings. The first kappa shape index (κ1) is 16.8.